The molecule has 0 saturated carbocycles. The Hall–Kier alpha value is -0.560. The Labute approximate surface area is 66.3 Å². The van der Waals surface area contributed by atoms with Crippen molar-refractivity contribution < 1.29 is 14.6 Å². The molecule has 0 aliphatic carbocycles. The summed E-state index contributed by atoms with van der Waals surface area (Å²) in [6, 6.07) is 0. The maximum atomic E-state index is 8.78. The molecule has 1 aliphatic rings. The van der Waals surface area contributed by atoms with E-state index in [1.807, 2.05) is 0 Å². The molecular weight excluding hydrogens is 144 g/mol. The molecule has 0 amide bonds. The molecule has 3 heteroatoms. The van der Waals surface area contributed by atoms with Crippen LogP contribution in [0.25, 0.3) is 0 Å². The van der Waals surface area contributed by atoms with Gasteiger partial charge in [0.05, 0.1) is 12.7 Å². The number of hydrogen-bond donors (Lipinski definition) is 1. The second-order valence-electron chi connectivity index (χ2n) is 2.43. The van der Waals surface area contributed by atoms with Gasteiger partial charge in [0, 0.05) is 6.61 Å². The highest BCUT2D eigenvalue weighted by molar-refractivity contribution is 4.85. The molecule has 1 aliphatic heterocycles. The van der Waals surface area contributed by atoms with Gasteiger partial charge < -0.3 is 14.6 Å². The van der Waals surface area contributed by atoms with E-state index < -0.39 is 0 Å². The fraction of sp³-hybridized carbons (Fsp3) is 0.750. The molecule has 0 aromatic heterocycles. The Morgan fingerprint density at radius 2 is 2.55 bits per heavy atom. The van der Waals surface area contributed by atoms with Gasteiger partial charge in [0.25, 0.3) is 0 Å². The van der Waals surface area contributed by atoms with E-state index in [4.69, 9.17) is 21.0 Å². The van der Waals surface area contributed by atoms with Crippen molar-refractivity contribution in [2.45, 2.75) is 18.6 Å². The van der Waals surface area contributed by atoms with Crippen LogP contribution in [0, 0.1) is 12.3 Å². The van der Waals surface area contributed by atoms with Crippen LogP contribution in [0.3, 0.4) is 0 Å². The summed E-state index contributed by atoms with van der Waals surface area (Å²) in [6.07, 6.45) is 5.65. The second kappa shape index (κ2) is 4.35. The van der Waals surface area contributed by atoms with Crippen LogP contribution in [0.2, 0.25) is 0 Å². The van der Waals surface area contributed by atoms with Crippen LogP contribution in [-0.4, -0.2) is 37.1 Å². The molecule has 11 heavy (non-hydrogen) atoms. The van der Waals surface area contributed by atoms with E-state index in [9.17, 15) is 0 Å². The third-order valence-electron chi connectivity index (χ3n) is 1.71. The minimum Gasteiger partial charge on any atom is -0.394 e. The van der Waals surface area contributed by atoms with E-state index in [0.717, 1.165) is 6.42 Å². The number of aliphatic hydroxyl groups is 1. The lowest BCUT2D eigenvalue weighted by Gasteiger charge is -2.14. The van der Waals surface area contributed by atoms with Crippen molar-refractivity contribution in [3.05, 3.63) is 0 Å². The Morgan fingerprint density at radius 3 is 3.18 bits per heavy atom. The van der Waals surface area contributed by atoms with Crippen LogP contribution in [0.1, 0.15) is 6.42 Å². The Kier molecular flexibility index (Phi) is 3.37. The second-order valence-corrected chi connectivity index (χ2v) is 2.43. The minimum atomic E-state index is -0.177. The first-order valence-corrected chi connectivity index (χ1v) is 3.66. The average molecular weight is 156 g/mol. The van der Waals surface area contributed by atoms with Gasteiger partial charge >= 0.3 is 0 Å². The molecular formula is C8H12O3. The van der Waals surface area contributed by atoms with Crippen LogP contribution in [0.4, 0.5) is 0 Å². The summed E-state index contributed by atoms with van der Waals surface area (Å²) >= 11 is 0. The topological polar surface area (TPSA) is 38.7 Å². The molecule has 62 valence electrons. The number of terminal acetylenes is 1. The maximum Gasteiger partial charge on any atom is 0.107 e. The SMILES string of the molecule is C#CCO[C@@H]1CCO[C@@H]1CO. The third kappa shape index (κ3) is 2.19. The molecule has 1 saturated heterocycles. The van der Waals surface area contributed by atoms with Crippen molar-refractivity contribution in [1.29, 1.82) is 0 Å². The zero-order valence-electron chi connectivity index (χ0n) is 6.32. The molecule has 0 bridgehead atoms. The fourth-order valence-electron chi connectivity index (χ4n) is 1.14. The predicted molar refractivity (Wildman–Crippen MR) is 40.0 cm³/mol. The van der Waals surface area contributed by atoms with E-state index in [0.29, 0.717) is 13.2 Å². The third-order valence-corrected chi connectivity index (χ3v) is 1.71. The average Bonchev–Trinajstić information content (AvgIpc) is 2.47. The van der Waals surface area contributed by atoms with E-state index >= 15 is 0 Å². The summed E-state index contributed by atoms with van der Waals surface area (Å²) in [5.74, 6) is 2.38. The van der Waals surface area contributed by atoms with Gasteiger partial charge in [0.1, 0.15) is 12.7 Å². The zero-order chi connectivity index (χ0) is 8.10. The molecule has 2 atom stereocenters. The molecule has 0 spiro atoms. The van der Waals surface area contributed by atoms with Crippen LogP contribution < -0.4 is 0 Å². The van der Waals surface area contributed by atoms with Crippen LogP contribution in [0.15, 0.2) is 0 Å². The summed E-state index contributed by atoms with van der Waals surface area (Å²) in [5.41, 5.74) is 0. The Bertz CT molecular complexity index is 150. The lowest BCUT2D eigenvalue weighted by Crippen LogP contribution is -2.27. The summed E-state index contributed by atoms with van der Waals surface area (Å²) in [4.78, 5) is 0. The van der Waals surface area contributed by atoms with Gasteiger partial charge in [-0.2, -0.15) is 0 Å². The Morgan fingerprint density at radius 1 is 1.73 bits per heavy atom. The zero-order valence-corrected chi connectivity index (χ0v) is 6.32. The minimum absolute atomic E-state index is 0.00916. The van der Waals surface area contributed by atoms with Crippen LogP contribution in [0.5, 0.6) is 0 Å². The van der Waals surface area contributed by atoms with Gasteiger partial charge in [0.2, 0.25) is 0 Å². The molecule has 0 aromatic rings. The lowest BCUT2D eigenvalue weighted by molar-refractivity contribution is -0.0234. The number of hydrogen-bond acceptors (Lipinski definition) is 3. The first-order valence-electron chi connectivity index (χ1n) is 3.66. The van der Waals surface area contributed by atoms with Crippen molar-refractivity contribution in [1.82, 2.24) is 0 Å². The predicted octanol–water partition coefficient (Wildman–Crippen LogP) is -0.214. The highest BCUT2D eigenvalue weighted by Crippen LogP contribution is 2.15. The van der Waals surface area contributed by atoms with Gasteiger partial charge in [0.15, 0.2) is 0 Å². The first-order chi connectivity index (χ1) is 5.38. The van der Waals surface area contributed by atoms with Crippen molar-refractivity contribution in [2.24, 2.45) is 0 Å². The van der Waals surface area contributed by atoms with Gasteiger partial charge in [-0.3, -0.25) is 0 Å². The number of aliphatic hydroxyl groups excluding tert-OH is 1. The van der Waals surface area contributed by atoms with E-state index in [1.54, 1.807) is 0 Å². The number of rotatable bonds is 3. The Balaban J connectivity index is 2.27. The van der Waals surface area contributed by atoms with Crippen molar-refractivity contribution in [3.8, 4) is 12.3 Å². The van der Waals surface area contributed by atoms with Crippen molar-refractivity contribution >= 4 is 0 Å². The summed E-state index contributed by atoms with van der Waals surface area (Å²) in [7, 11) is 0. The molecule has 3 nitrogen and oxygen atoms in total. The molecule has 1 fully saturated rings. The number of ether oxygens (including phenoxy) is 2. The highest BCUT2D eigenvalue weighted by Gasteiger charge is 2.27. The normalized spacial score (nSPS) is 30.2. The smallest absolute Gasteiger partial charge is 0.107 e. The monoisotopic (exact) mass is 156 g/mol. The molecule has 0 aromatic carbocycles. The van der Waals surface area contributed by atoms with Gasteiger partial charge in [-0.15, -0.1) is 6.42 Å². The molecule has 1 heterocycles. The van der Waals surface area contributed by atoms with E-state index in [1.165, 1.54) is 0 Å². The quantitative estimate of drug-likeness (QED) is 0.574. The maximum absolute atomic E-state index is 8.78. The fourth-order valence-corrected chi connectivity index (χ4v) is 1.14. The van der Waals surface area contributed by atoms with E-state index in [2.05, 4.69) is 5.92 Å². The molecule has 0 radical (unpaired) electrons. The summed E-state index contributed by atoms with van der Waals surface area (Å²) in [5, 5.41) is 8.78. The molecule has 0 unspecified atom stereocenters. The van der Waals surface area contributed by atoms with Crippen LogP contribution in [-0.2, 0) is 9.47 Å². The van der Waals surface area contributed by atoms with Crippen LogP contribution >= 0.6 is 0 Å². The molecule has 1 rings (SSSR count). The van der Waals surface area contributed by atoms with Crippen molar-refractivity contribution in [2.75, 3.05) is 19.8 Å². The van der Waals surface area contributed by atoms with Gasteiger partial charge in [-0.1, -0.05) is 5.92 Å². The molecule has 1 N–H and O–H groups in total. The standard InChI is InChI=1S/C8H12O3/c1-2-4-10-7-3-5-11-8(7)6-9/h1,7-9H,3-6H2/t7-,8-/m1/s1. The highest BCUT2D eigenvalue weighted by atomic mass is 16.6. The van der Waals surface area contributed by atoms with Gasteiger partial charge in [-0.25, -0.2) is 0 Å². The van der Waals surface area contributed by atoms with Crippen molar-refractivity contribution in [3.63, 3.8) is 0 Å². The summed E-state index contributed by atoms with van der Waals surface area (Å²) in [6.45, 7) is 0.959. The first kappa shape index (κ1) is 8.54. The largest absolute Gasteiger partial charge is 0.394 e. The van der Waals surface area contributed by atoms with E-state index in [-0.39, 0.29) is 18.8 Å². The lowest BCUT2D eigenvalue weighted by atomic mass is 10.2. The van der Waals surface area contributed by atoms with Gasteiger partial charge in [-0.05, 0) is 6.42 Å². The summed E-state index contributed by atoms with van der Waals surface area (Å²) < 4.78 is 10.4.